The number of rotatable bonds is 2. The average molecular weight is 259 g/mol. The maximum absolute atomic E-state index is 11.9. The van der Waals surface area contributed by atoms with Crippen LogP contribution in [0.5, 0.6) is 5.75 Å². The van der Waals surface area contributed by atoms with Crippen LogP contribution in [0.2, 0.25) is 0 Å². The van der Waals surface area contributed by atoms with Gasteiger partial charge in [0.05, 0.1) is 5.69 Å². The summed E-state index contributed by atoms with van der Waals surface area (Å²) in [6.45, 7) is 0. The Balaban J connectivity index is 2.17. The molecule has 1 heterocycles. The topological polar surface area (TPSA) is 46.6 Å². The largest absolute Gasteiger partial charge is 0.573 e. The van der Waals surface area contributed by atoms with E-state index < -0.39 is 12.1 Å². The highest BCUT2D eigenvalue weighted by Crippen LogP contribution is 2.27. The van der Waals surface area contributed by atoms with E-state index in [1.54, 1.807) is 0 Å². The maximum Gasteiger partial charge on any atom is 0.573 e. The number of imide groups is 1. The molecular formula is C11H8F3NO3. The highest BCUT2D eigenvalue weighted by Gasteiger charge is 2.32. The first-order valence-electron chi connectivity index (χ1n) is 5.08. The monoisotopic (exact) mass is 259 g/mol. The van der Waals surface area contributed by atoms with E-state index in [-0.39, 0.29) is 30.3 Å². The first-order chi connectivity index (χ1) is 8.37. The molecule has 1 saturated heterocycles. The van der Waals surface area contributed by atoms with Crippen LogP contribution in [0, 0.1) is 0 Å². The van der Waals surface area contributed by atoms with Gasteiger partial charge in [0.15, 0.2) is 0 Å². The molecule has 2 rings (SSSR count). The fraction of sp³-hybridized carbons (Fsp3) is 0.273. The lowest BCUT2D eigenvalue weighted by Crippen LogP contribution is -2.28. The molecule has 1 aliphatic heterocycles. The van der Waals surface area contributed by atoms with Crippen molar-refractivity contribution in [3.63, 3.8) is 0 Å². The highest BCUT2D eigenvalue weighted by atomic mass is 19.4. The minimum Gasteiger partial charge on any atom is -0.406 e. The van der Waals surface area contributed by atoms with Gasteiger partial charge >= 0.3 is 6.36 Å². The molecule has 1 aliphatic rings. The molecule has 0 unspecified atom stereocenters. The molecule has 7 heteroatoms. The van der Waals surface area contributed by atoms with Crippen molar-refractivity contribution in [1.29, 1.82) is 0 Å². The molecule has 0 aromatic heterocycles. The Kier molecular flexibility index (Phi) is 2.98. The Morgan fingerprint density at radius 2 is 1.50 bits per heavy atom. The van der Waals surface area contributed by atoms with Gasteiger partial charge in [-0.2, -0.15) is 0 Å². The summed E-state index contributed by atoms with van der Waals surface area (Å²) in [7, 11) is 0. The molecule has 0 atom stereocenters. The lowest BCUT2D eigenvalue weighted by atomic mass is 10.3. The van der Waals surface area contributed by atoms with E-state index in [1.807, 2.05) is 0 Å². The minimum atomic E-state index is -4.76. The SMILES string of the molecule is O=C1CCC(=O)N1c1ccc(OC(F)(F)F)cc1. The van der Waals surface area contributed by atoms with Gasteiger partial charge < -0.3 is 4.74 Å². The van der Waals surface area contributed by atoms with E-state index in [0.717, 1.165) is 17.0 Å². The number of benzene rings is 1. The minimum absolute atomic E-state index is 0.125. The van der Waals surface area contributed by atoms with Crippen molar-refractivity contribution < 1.29 is 27.5 Å². The molecule has 0 bridgehead atoms. The van der Waals surface area contributed by atoms with Crippen LogP contribution in [0.3, 0.4) is 0 Å². The summed E-state index contributed by atoms with van der Waals surface area (Å²) in [5.74, 6) is -1.11. The van der Waals surface area contributed by atoms with Gasteiger partial charge in [0.2, 0.25) is 11.8 Å². The van der Waals surface area contributed by atoms with Crippen LogP contribution in [0.1, 0.15) is 12.8 Å². The molecule has 4 nitrogen and oxygen atoms in total. The Hall–Kier alpha value is -2.05. The standard InChI is InChI=1S/C11H8F3NO3/c12-11(13,14)18-8-3-1-7(2-4-8)15-9(16)5-6-10(15)17/h1-4H,5-6H2. The number of amides is 2. The Morgan fingerprint density at radius 3 is 1.94 bits per heavy atom. The molecule has 0 aliphatic carbocycles. The fourth-order valence-corrected chi connectivity index (χ4v) is 1.66. The zero-order valence-electron chi connectivity index (χ0n) is 9.03. The van der Waals surface area contributed by atoms with Crippen LogP contribution in [-0.4, -0.2) is 18.2 Å². The van der Waals surface area contributed by atoms with Crippen molar-refractivity contribution in [2.45, 2.75) is 19.2 Å². The summed E-state index contributed by atoms with van der Waals surface area (Å²) in [6.07, 6.45) is -4.51. The summed E-state index contributed by atoms with van der Waals surface area (Å²) >= 11 is 0. The lowest BCUT2D eigenvalue weighted by molar-refractivity contribution is -0.274. The zero-order valence-corrected chi connectivity index (χ0v) is 9.03. The highest BCUT2D eigenvalue weighted by molar-refractivity contribution is 6.19. The van der Waals surface area contributed by atoms with Crippen molar-refractivity contribution in [3.05, 3.63) is 24.3 Å². The van der Waals surface area contributed by atoms with Crippen molar-refractivity contribution in [3.8, 4) is 5.75 Å². The molecule has 96 valence electrons. The van der Waals surface area contributed by atoms with Crippen LogP contribution in [0.25, 0.3) is 0 Å². The molecule has 1 fully saturated rings. The molecule has 1 aromatic rings. The summed E-state index contributed by atoms with van der Waals surface area (Å²) in [5, 5.41) is 0. The van der Waals surface area contributed by atoms with E-state index in [4.69, 9.17) is 0 Å². The Bertz CT molecular complexity index is 465. The molecule has 0 radical (unpaired) electrons. The van der Waals surface area contributed by atoms with Gasteiger partial charge in [-0.1, -0.05) is 0 Å². The second-order valence-electron chi connectivity index (χ2n) is 3.66. The Morgan fingerprint density at radius 1 is 1.00 bits per heavy atom. The summed E-state index contributed by atoms with van der Waals surface area (Å²) in [6, 6.07) is 4.59. The first kappa shape index (κ1) is 12.4. The predicted molar refractivity (Wildman–Crippen MR) is 54.9 cm³/mol. The van der Waals surface area contributed by atoms with Crippen molar-refractivity contribution in [2.75, 3.05) is 4.90 Å². The summed E-state index contributed by atoms with van der Waals surface area (Å²) in [5.41, 5.74) is 0.247. The summed E-state index contributed by atoms with van der Waals surface area (Å²) < 4.78 is 39.5. The van der Waals surface area contributed by atoms with Crippen molar-refractivity contribution in [2.24, 2.45) is 0 Å². The van der Waals surface area contributed by atoms with Crippen molar-refractivity contribution >= 4 is 17.5 Å². The van der Waals surface area contributed by atoms with Crippen molar-refractivity contribution in [1.82, 2.24) is 0 Å². The Labute approximate surface area is 99.9 Å². The number of halogens is 3. The van der Waals surface area contributed by atoms with E-state index in [0.29, 0.717) is 0 Å². The number of carbonyl (C=O) groups is 2. The third-order valence-corrected chi connectivity index (χ3v) is 2.38. The average Bonchev–Trinajstić information content (AvgIpc) is 2.58. The van der Waals surface area contributed by atoms with Gasteiger partial charge in [-0.25, -0.2) is 0 Å². The maximum atomic E-state index is 11.9. The van der Waals surface area contributed by atoms with E-state index in [1.165, 1.54) is 12.1 Å². The smallest absolute Gasteiger partial charge is 0.406 e. The van der Waals surface area contributed by atoms with Gasteiger partial charge in [-0.15, -0.1) is 13.2 Å². The van der Waals surface area contributed by atoms with Crippen LogP contribution in [0.4, 0.5) is 18.9 Å². The molecule has 0 spiro atoms. The van der Waals surface area contributed by atoms with Gasteiger partial charge in [0, 0.05) is 12.8 Å². The number of alkyl halides is 3. The van der Waals surface area contributed by atoms with E-state index in [2.05, 4.69) is 4.74 Å². The molecule has 0 N–H and O–H groups in total. The third kappa shape index (κ3) is 2.61. The predicted octanol–water partition coefficient (Wildman–Crippen LogP) is 2.24. The number of nitrogens with zero attached hydrogens (tertiary/aromatic N) is 1. The lowest BCUT2D eigenvalue weighted by Gasteiger charge is -2.14. The van der Waals surface area contributed by atoms with Gasteiger partial charge in [0.1, 0.15) is 5.75 Å². The normalized spacial score (nSPS) is 16.3. The number of ether oxygens (including phenoxy) is 1. The zero-order chi connectivity index (χ0) is 13.3. The molecule has 1 aromatic carbocycles. The van der Waals surface area contributed by atoms with E-state index in [9.17, 15) is 22.8 Å². The molecular weight excluding hydrogens is 251 g/mol. The van der Waals surface area contributed by atoms with Crippen LogP contribution < -0.4 is 9.64 Å². The van der Waals surface area contributed by atoms with Crippen LogP contribution in [0.15, 0.2) is 24.3 Å². The van der Waals surface area contributed by atoms with Gasteiger partial charge in [0.25, 0.3) is 0 Å². The summed E-state index contributed by atoms with van der Waals surface area (Å²) in [4.78, 5) is 23.7. The van der Waals surface area contributed by atoms with Gasteiger partial charge in [-0.3, -0.25) is 14.5 Å². The van der Waals surface area contributed by atoms with Crippen LogP contribution in [-0.2, 0) is 9.59 Å². The fourth-order valence-electron chi connectivity index (χ4n) is 1.66. The third-order valence-electron chi connectivity index (χ3n) is 2.38. The number of hydrogen-bond donors (Lipinski definition) is 0. The van der Waals surface area contributed by atoms with Crippen LogP contribution >= 0.6 is 0 Å². The quantitative estimate of drug-likeness (QED) is 0.765. The second-order valence-corrected chi connectivity index (χ2v) is 3.66. The molecule has 0 saturated carbocycles. The number of anilines is 1. The number of carbonyl (C=O) groups excluding carboxylic acids is 2. The van der Waals surface area contributed by atoms with E-state index >= 15 is 0 Å². The number of hydrogen-bond acceptors (Lipinski definition) is 3. The first-order valence-corrected chi connectivity index (χ1v) is 5.08. The van der Waals surface area contributed by atoms with Gasteiger partial charge in [-0.05, 0) is 24.3 Å². The molecule has 18 heavy (non-hydrogen) atoms. The second kappa shape index (κ2) is 4.32. The molecule has 2 amide bonds.